The molecule has 0 radical (unpaired) electrons. The molecule has 0 heterocycles. The van der Waals surface area contributed by atoms with E-state index in [2.05, 4.69) is 5.32 Å². The zero-order valence-corrected chi connectivity index (χ0v) is 19.8. The number of nitrogens with one attached hydrogen (secondary N) is 1. The summed E-state index contributed by atoms with van der Waals surface area (Å²) in [6.07, 6.45) is 5.57. The Morgan fingerprint density at radius 1 is 1.03 bits per heavy atom. The van der Waals surface area contributed by atoms with E-state index >= 15 is 0 Å². The van der Waals surface area contributed by atoms with Crippen LogP contribution < -0.4 is 5.32 Å². The Bertz CT molecular complexity index is 929. The van der Waals surface area contributed by atoms with Gasteiger partial charge >= 0.3 is 0 Å². The molecule has 1 aliphatic carbocycles. The van der Waals surface area contributed by atoms with Crippen LogP contribution in [0.1, 0.15) is 50.2 Å². The van der Waals surface area contributed by atoms with Crippen molar-refractivity contribution in [1.82, 2.24) is 10.2 Å². The lowest BCUT2D eigenvalue weighted by atomic mass is 9.95. The summed E-state index contributed by atoms with van der Waals surface area (Å²) < 4.78 is 0. The Hall–Kier alpha value is -1.75. The zero-order valence-electron chi connectivity index (χ0n) is 17.5. The lowest BCUT2D eigenvalue weighted by Crippen LogP contribution is -2.50. The molecule has 7 heteroatoms. The van der Waals surface area contributed by atoms with Crippen molar-refractivity contribution >= 4 is 46.6 Å². The summed E-state index contributed by atoms with van der Waals surface area (Å²) >= 11 is 18.5. The van der Waals surface area contributed by atoms with Gasteiger partial charge in [-0.2, -0.15) is 0 Å². The predicted molar refractivity (Wildman–Crippen MR) is 127 cm³/mol. The van der Waals surface area contributed by atoms with Crippen LogP contribution in [0.15, 0.2) is 42.5 Å². The highest BCUT2D eigenvalue weighted by atomic mass is 35.5. The molecule has 1 unspecified atom stereocenters. The molecule has 0 spiro atoms. The Morgan fingerprint density at radius 2 is 1.74 bits per heavy atom. The Kier molecular flexibility index (Phi) is 8.65. The maximum absolute atomic E-state index is 13.3. The average molecular weight is 482 g/mol. The summed E-state index contributed by atoms with van der Waals surface area (Å²) in [6, 6.07) is 11.9. The topological polar surface area (TPSA) is 49.4 Å². The number of hydrogen-bond acceptors (Lipinski definition) is 2. The van der Waals surface area contributed by atoms with E-state index in [0.717, 1.165) is 36.8 Å². The first-order valence-electron chi connectivity index (χ1n) is 10.6. The van der Waals surface area contributed by atoms with E-state index in [1.165, 1.54) is 6.42 Å². The molecule has 1 aliphatic rings. The summed E-state index contributed by atoms with van der Waals surface area (Å²) in [5.74, 6) is -0.309. The van der Waals surface area contributed by atoms with Gasteiger partial charge in [0.25, 0.3) is 0 Å². The highest BCUT2D eigenvalue weighted by Gasteiger charge is 2.28. The first-order chi connectivity index (χ1) is 14.8. The fraction of sp³-hybridized carbons (Fsp3) is 0.417. The van der Waals surface area contributed by atoms with Crippen LogP contribution in [0.5, 0.6) is 0 Å². The maximum Gasteiger partial charge on any atom is 0.242 e. The second-order valence-corrected chi connectivity index (χ2v) is 9.36. The Labute approximate surface area is 198 Å². The van der Waals surface area contributed by atoms with Crippen LogP contribution in [-0.2, 0) is 22.6 Å². The van der Waals surface area contributed by atoms with Crippen LogP contribution >= 0.6 is 34.8 Å². The summed E-state index contributed by atoms with van der Waals surface area (Å²) in [5, 5.41) is 4.69. The van der Waals surface area contributed by atoms with Crippen molar-refractivity contribution < 1.29 is 9.59 Å². The van der Waals surface area contributed by atoms with Gasteiger partial charge in [-0.3, -0.25) is 9.59 Å². The molecule has 1 atom stereocenters. The van der Waals surface area contributed by atoms with Crippen LogP contribution in [0.4, 0.5) is 0 Å². The van der Waals surface area contributed by atoms with E-state index in [1.54, 1.807) is 42.2 Å². The molecule has 166 valence electrons. The summed E-state index contributed by atoms with van der Waals surface area (Å²) in [4.78, 5) is 27.9. The third-order valence-electron chi connectivity index (χ3n) is 5.72. The normalized spacial score (nSPS) is 15.4. The van der Waals surface area contributed by atoms with Crippen molar-refractivity contribution in [2.45, 2.75) is 64.1 Å². The number of rotatable bonds is 7. The van der Waals surface area contributed by atoms with E-state index < -0.39 is 6.04 Å². The first kappa shape index (κ1) is 23.9. The fourth-order valence-electron chi connectivity index (χ4n) is 3.91. The molecule has 0 bridgehead atoms. The van der Waals surface area contributed by atoms with Crippen LogP contribution in [-0.4, -0.2) is 28.8 Å². The second-order valence-electron chi connectivity index (χ2n) is 8.08. The molecule has 0 saturated heterocycles. The van der Waals surface area contributed by atoms with Crippen molar-refractivity contribution in [3.8, 4) is 0 Å². The number of hydrogen-bond donors (Lipinski definition) is 1. The number of carbonyl (C=O) groups is 2. The summed E-state index contributed by atoms with van der Waals surface area (Å²) in [5.41, 5.74) is 1.53. The van der Waals surface area contributed by atoms with Crippen molar-refractivity contribution in [3.63, 3.8) is 0 Å². The smallest absolute Gasteiger partial charge is 0.242 e. The Balaban J connectivity index is 1.79. The molecular weight excluding hydrogens is 455 g/mol. The van der Waals surface area contributed by atoms with E-state index in [9.17, 15) is 9.59 Å². The van der Waals surface area contributed by atoms with Gasteiger partial charge in [0.05, 0.1) is 6.42 Å². The number of nitrogens with zero attached hydrogens (tertiary/aromatic N) is 1. The predicted octanol–water partition coefficient (Wildman–Crippen LogP) is 6.06. The van der Waals surface area contributed by atoms with Gasteiger partial charge in [0.15, 0.2) is 0 Å². The minimum absolute atomic E-state index is 0.142. The maximum atomic E-state index is 13.3. The molecular formula is C24H27Cl3N2O2. The van der Waals surface area contributed by atoms with Crippen molar-refractivity contribution in [3.05, 3.63) is 68.7 Å². The quantitative estimate of drug-likeness (QED) is 0.523. The summed E-state index contributed by atoms with van der Waals surface area (Å²) in [7, 11) is 0. The third kappa shape index (κ3) is 6.86. The molecule has 2 amide bonds. The lowest BCUT2D eigenvalue weighted by molar-refractivity contribution is -0.140. The van der Waals surface area contributed by atoms with Crippen LogP contribution in [0.25, 0.3) is 0 Å². The van der Waals surface area contributed by atoms with Crippen molar-refractivity contribution in [2.24, 2.45) is 0 Å². The van der Waals surface area contributed by atoms with Gasteiger partial charge in [-0.25, -0.2) is 0 Å². The molecule has 2 aromatic rings. The standard InChI is InChI=1S/C24H27Cl3N2O2/c1-16(24(31)28-21-8-3-2-4-9-21)29(15-18-10-11-20(26)14-22(18)27)23(30)13-17-6-5-7-19(25)12-17/h5-7,10-12,14,16,21H,2-4,8-9,13,15H2,1H3,(H,28,31). The van der Waals surface area contributed by atoms with E-state index in [1.807, 2.05) is 12.1 Å². The molecule has 0 aromatic heterocycles. The summed E-state index contributed by atoms with van der Waals surface area (Å²) in [6.45, 7) is 1.98. The van der Waals surface area contributed by atoms with Gasteiger partial charge in [-0.1, -0.05) is 72.3 Å². The molecule has 4 nitrogen and oxygen atoms in total. The van der Waals surface area contributed by atoms with E-state index in [4.69, 9.17) is 34.8 Å². The van der Waals surface area contributed by atoms with Crippen LogP contribution in [0, 0.1) is 0 Å². The van der Waals surface area contributed by atoms with Crippen molar-refractivity contribution in [2.75, 3.05) is 0 Å². The van der Waals surface area contributed by atoms with E-state index in [0.29, 0.717) is 15.1 Å². The highest BCUT2D eigenvalue weighted by Crippen LogP contribution is 2.24. The number of amides is 2. The minimum Gasteiger partial charge on any atom is -0.352 e. The minimum atomic E-state index is -0.639. The van der Waals surface area contributed by atoms with Crippen LogP contribution in [0.3, 0.4) is 0 Å². The molecule has 1 saturated carbocycles. The number of halogens is 3. The lowest BCUT2D eigenvalue weighted by Gasteiger charge is -2.31. The van der Waals surface area contributed by atoms with Crippen molar-refractivity contribution in [1.29, 1.82) is 0 Å². The fourth-order valence-corrected chi connectivity index (χ4v) is 4.59. The monoisotopic (exact) mass is 480 g/mol. The van der Waals surface area contributed by atoms with Gasteiger partial charge in [-0.15, -0.1) is 0 Å². The first-order valence-corrected chi connectivity index (χ1v) is 11.7. The molecule has 1 N–H and O–H groups in total. The number of benzene rings is 2. The van der Waals surface area contributed by atoms with Crippen LogP contribution in [0.2, 0.25) is 15.1 Å². The molecule has 31 heavy (non-hydrogen) atoms. The Morgan fingerprint density at radius 3 is 2.42 bits per heavy atom. The molecule has 1 fully saturated rings. The van der Waals surface area contributed by atoms with Gasteiger partial charge in [-0.05, 0) is 55.2 Å². The van der Waals surface area contributed by atoms with Gasteiger partial charge < -0.3 is 10.2 Å². The SMILES string of the molecule is CC(C(=O)NC1CCCCC1)N(Cc1ccc(Cl)cc1Cl)C(=O)Cc1cccc(Cl)c1. The largest absolute Gasteiger partial charge is 0.352 e. The van der Waals surface area contributed by atoms with Gasteiger partial charge in [0, 0.05) is 27.7 Å². The zero-order chi connectivity index (χ0) is 22.4. The highest BCUT2D eigenvalue weighted by molar-refractivity contribution is 6.35. The third-order valence-corrected chi connectivity index (χ3v) is 6.54. The number of carbonyl (C=O) groups excluding carboxylic acids is 2. The molecule has 0 aliphatic heterocycles. The van der Waals surface area contributed by atoms with E-state index in [-0.39, 0.29) is 30.8 Å². The molecule has 2 aromatic carbocycles. The van der Waals surface area contributed by atoms with Gasteiger partial charge in [0.1, 0.15) is 6.04 Å². The van der Waals surface area contributed by atoms with Gasteiger partial charge in [0.2, 0.25) is 11.8 Å². The molecule has 3 rings (SSSR count). The second kappa shape index (κ2) is 11.2. The average Bonchev–Trinajstić information content (AvgIpc) is 2.73.